The third-order valence-electron chi connectivity index (χ3n) is 3.55. The third kappa shape index (κ3) is 7.06. The molecule has 0 atom stereocenters. The first-order chi connectivity index (χ1) is 13.1. The highest BCUT2D eigenvalue weighted by atomic mass is 127. The van der Waals surface area contributed by atoms with Crippen LogP contribution < -0.4 is 25.3 Å². The van der Waals surface area contributed by atoms with E-state index in [4.69, 9.17) is 19.9 Å². The molecule has 0 heterocycles. The molecule has 6 nitrogen and oxygen atoms in total. The van der Waals surface area contributed by atoms with Gasteiger partial charge in [0, 0.05) is 6.07 Å². The molecule has 154 valence electrons. The number of benzene rings is 2. The summed E-state index contributed by atoms with van der Waals surface area (Å²) in [6, 6.07) is 10.2. The van der Waals surface area contributed by atoms with Gasteiger partial charge in [-0.05, 0) is 50.6 Å². The van der Waals surface area contributed by atoms with Crippen LogP contribution in [-0.4, -0.2) is 25.8 Å². The first kappa shape index (κ1) is 23.8. The van der Waals surface area contributed by atoms with Crippen molar-refractivity contribution in [2.45, 2.75) is 27.3 Å². The number of nitrogens with zero attached hydrogens (tertiary/aromatic N) is 1. The molecule has 0 aliphatic heterocycles. The molecule has 2 aromatic carbocycles. The van der Waals surface area contributed by atoms with Crippen LogP contribution in [0.25, 0.3) is 0 Å². The molecule has 0 aliphatic rings. The molecular weight excluding hydrogens is 476 g/mol. The van der Waals surface area contributed by atoms with Crippen molar-refractivity contribution in [2.75, 3.05) is 25.1 Å². The molecule has 2 aromatic rings. The average Bonchev–Trinajstić information content (AvgIpc) is 2.65. The number of nitrogens with two attached hydrogens (primary N) is 1. The predicted molar refractivity (Wildman–Crippen MR) is 121 cm³/mol. The zero-order valence-electron chi connectivity index (χ0n) is 16.3. The lowest BCUT2D eigenvalue weighted by Crippen LogP contribution is -2.23. The lowest BCUT2D eigenvalue weighted by molar-refractivity contribution is 0.321. The van der Waals surface area contributed by atoms with Crippen molar-refractivity contribution >= 4 is 35.6 Å². The van der Waals surface area contributed by atoms with E-state index < -0.39 is 5.82 Å². The molecule has 0 saturated heterocycles. The van der Waals surface area contributed by atoms with Gasteiger partial charge in [-0.25, -0.2) is 9.38 Å². The zero-order chi connectivity index (χ0) is 19.6. The van der Waals surface area contributed by atoms with Crippen molar-refractivity contribution in [3.63, 3.8) is 0 Å². The number of aliphatic imine (C=N–C) groups is 1. The van der Waals surface area contributed by atoms with Gasteiger partial charge < -0.3 is 25.3 Å². The molecule has 0 unspecified atom stereocenters. The fourth-order valence-electron chi connectivity index (χ4n) is 2.41. The minimum Gasteiger partial charge on any atom is -0.494 e. The Bertz CT molecular complexity index is 787. The van der Waals surface area contributed by atoms with E-state index in [1.165, 1.54) is 6.07 Å². The molecule has 0 amide bonds. The summed E-state index contributed by atoms with van der Waals surface area (Å²) in [6.07, 6.45) is 0. The van der Waals surface area contributed by atoms with Crippen LogP contribution in [0.15, 0.2) is 41.4 Å². The maximum absolute atomic E-state index is 13.9. The molecule has 0 spiro atoms. The number of anilines is 1. The van der Waals surface area contributed by atoms with E-state index in [0.29, 0.717) is 42.6 Å². The fourth-order valence-corrected chi connectivity index (χ4v) is 2.41. The van der Waals surface area contributed by atoms with Crippen molar-refractivity contribution in [2.24, 2.45) is 10.7 Å². The fraction of sp³-hybridized carbons (Fsp3) is 0.350. The van der Waals surface area contributed by atoms with E-state index in [1.54, 1.807) is 25.1 Å². The minimum atomic E-state index is -0.417. The quantitative estimate of drug-likeness (QED) is 0.298. The van der Waals surface area contributed by atoms with Crippen molar-refractivity contribution in [3.05, 3.63) is 47.8 Å². The van der Waals surface area contributed by atoms with Gasteiger partial charge in [-0.1, -0.05) is 6.07 Å². The Morgan fingerprint density at radius 3 is 2.25 bits per heavy atom. The number of rotatable bonds is 9. The van der Waals surface area contributed by atoms with E-state index >= 15 is 0 Å². The Labute approximate surface area is 182 Å². The minimum absolute atomic E-state index is 0. The van der Waals surface area contributed by atoms with Gasteiger partial charge in [-0.2, -0.15) is 0 Å². The second kappa shape index (κ2) is 12.3. The molecule has 8 heteroatoms. The van der Waals surface area contributed by atoms with E-state index in [9.17, 15) is 4.39 Å². The first-order valence-corrected chi connectivity index (χ1v) is 8.95. The van der Waals surface area contributed by atoms with Crippen LogP contribution in [0.3, 0.4) is 0 Å². The van der Waals surface area contributed by atoms with Crippen LogP contribution in [0.4, 0.5) is 10.1 Å². The van der Waals surface area contributed by atoms with Crippen molar-refractivity contribution in [1.29, 1.82) is 0 Å². The monoisotopic (exact) mass is 503 g/mol. The summed E-state index contributed by atoms with van der Waals surface area (Å²) in [6.45, 7) is 7.34. The number of hydrogen-bond acceptors (Lipinski definition) is 4. The average molecular weight is 503 g/mol. The van der Waals surface area contributed by atoms with E-state index in [0.717, 1.165) is 0 Å². The van der Waals surface area contributed by atoms with E-state index in [-0.39, 0.29) is 42.2 Å². The highest BCUT2D eigenvalue weighted by Gasteiger charge is 2.08. The Balaban J connectivity index is 0.00000392. The van der Waals surface area contributed by atoms with Crippen LogP contribution >= 0.6 is 24.0 Å². The second-order valence-corrected chi connectivity index (χ2v) is 5.55. The molecule has 0 saturated carbocycles. The topological polar surface area (TPSA) is 78.1 Å². The zero-order valence-corrected chi connectivity index (χ0v) is 18.7. The van der Waals surface area contributed by atoms with E-state index in [2.05, 4.69) is 10.3 Å². The van der Waals surface area contributed by atoms with Gasteiger partial charge >= 0.3 is 0 Å². The molecule has 2 rings (SSSR count). The number of guanidine groups is 1. The lowest BCUT2D eigenvalue weighted by Gasteiger charge is -2.14. The van der Waals surface area contributed by atoms with Crippen LogP contribution in [0.2, 0.25) is 0 Å². The Hall–Kier alpha value is -2.23. The highest BCUT2D eigenvalue weighted by molar-refractivity contribution is 14.0. The SMILES string of the molecule is CCOc1ccc(OCC)c(NC(N)=NCc2ccc(OCC)c(F)c2)c1.I. The summed E-state index contributed by atoms with van der Waals surface area (Å²) in [4.78, 5) is 4.26. The molecular formula is C20H27FIN3O3. The van der Waals surface area contributed by atoms with Crippen molar-refractivity contribution in [3.8, 4) is 17.2 Å². The smallest absolute Gasteiger partial charge is 0.193 e. The standard InChI is InChI=1S/C20H26FN3O3.HI/c1-4-25-15-8-10-19(27-6-3)17(12-15)24-20(22)23-13-14-7-9-18(26-5-2)16(21)11-14;/h7-12H,4-6,13H2,1-3H3,(H3,22,23,24);1H. The Morgan fingerprint density at radius 2 is 1.61 bits per heavy atom. The number of halogens is 2. The number of ether oxygens (including phenoxy) is 3. The maximum Gasteiger partial charge on any atom is 0.193 e. The number of nitrogens with one attached hydrogen (secondary N) is 1. The van der Waals surface area contributed by atoms with Gasteiger partial charge in [-0.3, -0.25) is 0 Å². The molecule has 28 heavy (non-hydrogen) atoms. The van der Waals surface area contributed by atoms with Crippen LogP contribution in [0.5, 0.6) is 17.2 Å². The summed E-state index contributed by atoms with van der Waals surface area (Å²) in [7, 11) is 0. The van der Waals surface area contributed by atoms with Gasteiger partial charge in [0.15, 0.2) is 17.5 Å². The normalized spacial score (nSPS) is 10.8. The van der Waals surface area contributed by atoms with Gasteiger partial charge in [0.25, 0.3) is 0 Å². The Kier molecular flexibility index (Phi) is 10.4. The highest BCUT2D eigenvalue weighted by Crippen LogP contribution is 2.29. The molecule has 0 fully saturated rings. The summed E-state index contributed by atoms with van der Waals surface area (Å²) in [5.41, 5.74) is 7.33. The van der Waals surface area contributed by atoms with Gasteiger partial charge in [0.1, 0.15) is 11.5 Å². The van der Waals surface area contributed by atoms with Crippen molar-refractivity contribution < 1.29 is 18.6 Å². The second-order valence-electron chi connectivity index (χ2n) is 5.55. The Morgan fingerprint density at radius 1 is 0.964 bits per heavy atom. The van der Waals surface area contributed by atoms with Crippen LogP contribution in [0, 0.1) is 5.82 Å². The predicted octanol–water partition coefficient (Wildman–Crippen LogP) is 4.57. The maximum atomic E-state index is 13.9. The summed E-state index contributed by atoms with van der Waals surface area (Å²) >= 11 is 0. The lowest BCUT2D eigenvalue weighted by atomic mass is 10.2. The largest absolute Gasteiger partial charge is 0.494 e. The van der Waals surface area contributed by atoms with Crippen molar-refractivity contribution in [1.82, 2.24) is 0 Å². The molecule has 0 aromatic heterocycles. The summed E-state index contributed by atoms with van der Waals surface area (Å²) in [5, 5.41) is 3.01. The van der Waals surface area contributed by atoms with E-state index in [1.807, 2.05) is 26.0 Å². The molecule has 0 aliphatic carbocycles. The van der Waals surface area contributed by atoms with Gasteiger partial charge in [0.05, 0.1) is 32.1 Å². The van der Waals surface area contributed by atoms with Gasteiger partial charge in [-0.15, -0.1) is 24.0 Å². The molecule has 3 N–H and O–H groups in total. The summed E-state index contributed by atoms with van der Waals surface area (Å²) in [5.74, 6) is 1.35. The number of hydrogen-bond donors (Lipinski definition) is 2. The third-order valence-corrected chi connectivity index (χ3v) is 3.55. The first-order valence-electron chi connectivity index (χ1n) is 8.95. The molecule has 0 bridgehead atoms. The van der Waals surface area contributed by atoms with Crippen LogP contribution in [0.1, 0.15) is 26.3 Å². The summed E-state index contributed by atoms with van der Waals surface area (Å²) < 4.78 is 30.2. The van der Waals surface area contributed by atoms with Gasteiger partial charge in [0.2, 0.25) is 0 Å². The molecule has 0 radical (unpaired) electrons. The van der Waals surface area contributed by atoms with Crippen LogP contribution in [-0.2, 0) is 6.54 Å².